The Morgan fingerprint density at radius 1 is 1.00 bits per heavy atom. The van der Waals surface area contributed by atoms with Gasteiger partial charge in [-0.3, -0.25) is 0 Å². The summed E-state index contributed by atoms with van der Waals surface area (Å²) in [6, 6.07) is 14.5. The zero-order valence-electron chi connectivity index (χ0n) is 15.8. The fraction of sp³-hybridized carbons (Fsp3) is 0.455. The summed E-state index contributed by atoms with van der Waals surface area (Å²) in [7, 11) is 1.69. The molecule has 2 rings (SSSR count). The topological polar surface area (TPSA) is 30.5 Å². The van der Waals surface area contributed by atoms with Gasteiger partial charge in [-0.25, -0.2) is 0 Å². The minimum atomic E-state index is 0.547. The minimum absolute atomic E-state index is 0.547. The first-order chi connectivity index (χ1) is 12.2. The standard InChI is InChI=1S/C22H31NO2/c1-4-5-6-7-14-23-16-20-12-9-13-21(24-3)22(20)25-17-19-11-8-10-18(2)15-19/h8-13,15,23H,4-7,14,16-17H2,1-3H3. The highest BCUT2D eigenvalue weighted by atomic mass is 16.5. The van der Waals surface area contributed by atoms with Crippen LogP contribution in [0.25, 0.3) is 0 Å². The van der Waals surface area contributed by atoms with Crippen molar-refractivity contribution in [2.75, 3.05) is 13.7 Å². The molecule has 1 N–H and O–H groups in total. The van der Waals surface area contributed by atoms with Gasteiger partial charge in [0.2, 0.25) is 0 Å². The molecular weight excluding hydrogens is 310 g/mol. The van der Waals surface area contributed by atoms with Crippen LogP contribution in [0.4, 0.5) is 0 Å². The number of benzene rings is 2. The lowest BCUT2D eigenvalue weighted by Gasteiger charge is -2.16. The smallest absolute Gasteiger partial charge is 0.166 e. The Hall–Kier alpha value is -2.00. The molecular formula is C22H31NO2. The molecule has 0 saturated carbocycles. The lowest BCUT2D eigenvalue weighted by Crippen LogP contribution is -2.15. The van der Waals surface area contributed by atoms with Crippen molar-refractivity contribution < 1.29 is 9.47 Å². The molecule has 136 valence electrons. The lowest BCUT2D eigenvalue weighted by atomic mass is 10.1. The van der Waals surface area contributed by atoms with Crippen molar-refractivity contribution in [1.29, 1.82) is 0 Å². The molecule has 0 atom stereocenters. The Labute approximate surface area is 152 Å². The van der Waals surface area contributed by atoms with Gasteiger partial charge in [0.05, 0.1) is 7.11 Å². The van der Waals surface area contributed by atoms with Crippen molar-refractivity contribution in [3.8, 4) is 11.5 Å². The number of para-hydroxylation sites is 1. The van der Waals surface area contributed by atoms with Gasteiger partial charge in [-0.15, -0.1) is 0 Å². The quantitative estimate of drug-likeness (QED) is 0.566. The van der Waals surface area contributed by atoms with Gasteiger partial charge in [0.1, 0.15) is 6.61 Å². The first kappa shape index (κ1) is 19.3. The number of methoxy groups -OCH3 is 1. The second kappa shape index (κ2) is 10.8. The summed E-state index contributed by atoms with van der Waals surface area (Å²) in [5.74, 6) is 1.63. The van der Waals surface area contributed by atoms with Crippen LogP contribution >= 0.6 is 0 Å². The molecule has 0 aromatic heterocycles. The number of ether oxygens (including phenoxy) is 2. The van der Waals surface area contributed by atoms with Crippen LogP contribution in [0.3, 0.4) is 0 Å². The zero-order chi connectivity index (χ0) is 17.9. The van der Waals surface area contributed by atoms with E-state index in [1.54, 1.807) is 7.11 Å². The van der Waals surface area contributed by atoms with Crippen LogP contribution in [-0.4, -0.2) is 13.7 Å². The van der Waals surface area contributed by atoms with E-state index < -0.39 is 0 Å². The van der Waals surface area contributed by atoms with Crippen LogP contribution in [0.2, 0.25) is 0 Å². The number of nitrogens with one attached hydrogen (secondary N) is 1. The van der Waals surface area contributed by atoms with Crippen LogP contribution in [-0.2, 0) is 13.2 Å². The molecule has 2 aromatic rings. The van der Waals surface area contributed by atoms with Crippen molar-refractivity contribution in [3.05, 3.63) is 59.2 Å². The monoisotopic (exact) mass is 341 g/mol. The van der Waals surface area contributed by atoms with Gasteiger partial charge < -0.3 is 14.8 Å². The van der Waals surface area contributed by atoms with Crippen molar-refractivity contribution in [3.63, 3.8) is 0 Å². The highest BCUT2D eigenvalue weighted by molar-refractivity contribution is 5.46. The second-order valence-electron chi connectivity index (χ2n) is 6.46. The third-order valence-electron chi connectivity index (χ3n) is 4.27. The van der Waals surface area contributed by atoms with Gasteiger partial charge in [-0.2, -0.15) is 0 Å². The summed E-state index contributed by atoms with van der Waals surface area (Å²) in [4.78, 5) is 0. The SMILES string of the molecule is CCCCCCNCc1cccc(OC)c1OCc1cccc(C)c1. The van der Waals surface area contributed by atoms with E-state index in [4.69, 9.17) is 9.47 Å². The van der Waals surface area contributed by atoms with Gasteiger partial charge in [-0.1, -0.05) is 68.1 Å². The summed E-state index contributed by atoms with van der Waals surface area (Å²) in [5, 5.41) is 3.52. The van der Waals surface area contributed by atoms with E-state index in [-0.39, 0.29) is 0 Å². The van der Waals surface area contributed by atoms with Crippen LogP contribution in [0.15, 0.2) is 42.5 Å². The Kier molecular flexibility index (Phi) is 8.33. The summed E-state index contributed by atoms with van der Waals surface area (Å²) < 4.78 is 11.6. The van der Waals surface area contributed by atoms with Crippen LogP contribution in [0.5, 0.6) is 11.5 Å². The molecule has 0 bridgehead atoms. The van der Waals surface area contributed by atoms with Crippen LogP contribution in [0.1, 0.15) is 49.3 Å². The molecule has 0 amide bonds. The van der Waals surface area contributed by atoms with Crippen LogP contribution < -0.4 is 14.8 Å². The van der Waals surface area contributed by atoms with E-state index in [9.17, 15) is 0 Å². The van der Waals surface area contributed by atoms with Gasteiger partial charge in [0.25, 0.3) is 0 Å². The van der Waals surface area contributed by atoms with Crippen molar-refractivity contribution in [2.45, 2.75) is 52.7 Å². The maximum Gasteiger partial charge on any atom is 0.166 e. The normalized spacial score (nSPS) is 10.7. The summed E-state index contributed by atoms with van der Waals surface area (Å²) in [6.07, 6.45) is 5.09. The van der Waals surface area contributed by atoms with E-state index in [0.29, 0.717) is 6.61 Å². The van der Waals surface area contributed by atoms with Gasteiger partial charge >= 0.3 is 0 Å². The van der Waals surface area contributed by atoms with E-state index in [1.165, 1.54) is 36.8 Å². The van der Waals surface area contributed by atoms with E-state index in [0.717, 1.165) is 30.2 Å². The predicted molar refractivity (Wildman–Crippen MR) is 104 cm³/mol. The minimum Gasteiger partial charge on any atom is -0.493 e. The van der Waals surface area contributed by atoms with Crippen molar-refractivity contribution in [2.24, 2.45) is 0 Å². The molecule has 0 radical (unpaired) electrons. The summed E-state index contributed by atoms with van der Waals surface area (Å²) in [6.45, 7) is 6.72. The highest BCUT2D eigenvalue weighted by Gasteiger charge is 2.10. The third-order valence-corrected chi connectivity index (χ3v) is 4.27. The number of aryl methyl sites for hydroxylation is 1. The molecule has 0 unspecified atom stereocenters. The van der Waals surface area contributed by atoms with E-state index in [2.05, 4.69) is 49.5 Å². The predicted octanol–water partition coefficient (Wildman–Crippen LogP) is 5.25. The maximum atomic E-state index is 6.13. The van der Waals surface area contributed by atoms with Crippen LogP contribution in [0, 0.1) is 6.92 Å². The molecule has 25 heavy (non-hydrogen) atoms. The molecule has 0 aliphatic heterocycles. The number of hydrogen-bond donors (Lipinski definition) is 1. The van der Waals surface area contributed by atoms with E-state index in [1.807, 2.05) is 12.1 Å². The van der Waals surface area contributed by atoms with Crippen molar-refractivity contribution in [1.82, 2.24) is 5.32 Å². The average molecular weight is 341 g/mol. The Morgan fingerprint density at radius 3 is 2.60 bits per heavy atom. The molecule has 0 fully saturated rings. The first-order valence-corrected chi connectivity index (χ1v) is 9.29. The van der Waals surface area contributed by atoms with Gasteiger partial charge in [-0.05, 0) is 31.5 Å². The van der Waals surface area contributed by atoms with E-state index >= 15 is 0 Å². The Bertz CT molecular complexity index is 640. The van der Waals surface area contributed by atoms with Gasteiger partial charge in [0, 0.05) is 12.1 Å². The highest BCUT2D eigenvalue weighted by Crippen LogP contribution is 2.31. The number of unbranched alkanes of at least 4 members (excludes halogenated alkanes) is 3. The molecule has 2 aromatic carbocycles. The zero-order valence-corrected chi connectivity index (χ0v) is 15.8. The average Bonchev–Trinajstić information content (AvgIpc) is 2.63. The molecule has 0 aliphatic rings. The first-order valence-electron chi connectivity index (χ1n) is 9.29. The fourth-order valence-corrected chi connectivity index (χ4v) is 2.88. The largest absolute Gasteiger partial charge is 0.493 e. The molecule has 0 spiro atoms. The Balaban J connectivity index is 1.97. The second-order valence-corrected chi connectivity index (χ2v) is 6.46. The lowest BCUT2D eigenvalue weighted by molar-refractivity contribution is 0.280. The number of rotatable bonds is 11. The summed E-state index contributed by atoms with van der Waals surface area (Å²) in [5.41, 5.74) is 3.56. The third kappa shape index (κ3) is 6.43. The molecule has 0 aliphatic carbocycles. The fourth-order valence-electron chi connectivity index (χ4n) is 2.88. The summed E-state index contributed by atoms with van der Waals surface area (Å²) >= 11 is 0. The molecule has 3 heteroatoms. The van der Waals surface area contributed by atoms with Crippen molar-refractivity contribution >= 4 is 0 Å². The number of hydrogen-bond acceptors (Lipinski definition) is 3. The van der Waals surface area contributed by atoms with Gasteiger partial charge in [0.15, 0.2) is 11.5 Å². The molecule has 3 nitrogen and oxygen atoms in total. The Morgan fingerprint density at radius 2 is 1.84 bits per heavy atom. The molecule has 0 heterocycles. The maximum absolute atomic E-state index is 6.13. The molecule has 0 saturated heterocycles.